The maximum Gasteiger partial charge on any atom is 0.317 e. The Balaban J connectivity index is 1.74. The van der Waals surface area contributed by atoms with Crippen LogP contribution >= 0.6 is 23.4 Å². The number of hydrogen-bond acceptors (Lipinski definition) is 3. The topological polar surface area (TPSA) is 35.6 Å². The highest BCUT2D eigenvalue weighted by Crippen LogP contribution is 2.34. The van der Waals surface area contributed by atoms with Gasteiger partial charge in [0.25, 0.3) is 0 Å². The molecule has 0 bridgehead atoms. The molecule has 1 aromatic carbocycles. The molecule has 0 radical (unpaired) electrons. The fourth-order valence-corrected chi connectivity index (χ4v) is 4.15. The number of hydrogen-bond donors (Lipinski definition) is 1. The molecule has 6 heteroatoms. The number of likely N-dealkylation sites (tertiary alicyclic amines) is 1. The summed E-state index contributed by atoms with van der Waals surface area (Å²) in [6.07, 6.45) is 1.01. The minimum Gasteiger partial charge on any atom is -0.337 e. The Morgan fingerprint density at radius 3 is 2.83 bits per heavy atom. The zero-order valence-electron chi connectivity index (χ0n) is 13.9. The third-order valence-electron chi connectivity index (χ3n) is 4.16. The molecule has 23 heavy (non-hydrogen) atoms. The molecule has 1 unspecified atom stereocenters. The molecule has 1 N–H and O–H groups in total. The number of carbonyl (C=O) groups is 1. The summed E-state index contributed by atoms with van der Waals surface area (Å²) in [4.78, 5) is 17.5. The van der Waals surface area contributed by atoms with Crippen LogP contribution in [0.3, 0.4) is 0 Å². The zero-order valence-corrected chi connectivity index (χ0v) is 15.5. The molecule has 1 heterocycles. The summed E-state index contributed by atoms with van der Waals surface area (Å²) in [5.41, 5.74) is 0. The van der Waals surface area contributed by atoms with Crippen molar-refractivity contribution in [2.24, 2.45) is 0 Å². The second-order valence-electron chi connectivity index (χ2n) is 5.66. The van der Waals surface area contributed by atoms with E-state index in [1.165, 1.54) is 0 Å². The van der Waals surface area contributed by atoms with E-state index >= 15 is 0 Å². The van der Waals surface area contributed by atoms with Gasteiger partial charge in [-0.05, 0) is 31.6 Å². The van der Waals surface area contributed by atoms with Crippen LogP contribution in [0.25, 0.3) is 0 Å². The molecule has 1 aromatic rings. The summed E-state index contributed by atoms with van der Waals surface area (Å²) < 4.78 is 0. The Bertz CT molecular complexity index is 510. The summed E-state index contributed by atoms with van der Waals surface area (Å²) in [5.74, 6) is 0. The minimum absolute atomic E-state index is 0.0550. The number of thioether (sulfide) groups is 1. The van der Waals surface area contributed by atoms with Crippen molar-refractivity contribution in [3.63, 3.8) is 0 Å². The monoisotopic (exact) mass is 355 g/mol. The maximum absolute atomic E-state index is 12.2. The molecule has 2 rings (SSSR count). The number of nitrogens with one attached hydrogen (secondary N) is 1. The first-order valence-electron chi connectivity index (χ1n) is 8.30. The van der Waals surface area contributed by atoms with Gasteiger partial charge in [-0.15, -0.1) is 11.8 Å². The predicted octanol–water partition coefficient (Wildman–Crippen LogP) is 3.56. The van der Waals surface area contributed by atoms with Crippen LogP contribution < -0.4 is 5.32 Å². The fourth-order valence-electron chi connectivity index (χ4n) is 2.70. The van der Waals surface area contributed by atoms with Crippen molar-refractivity contribution in [1.82, 2.24) is 15.1 Å². The molecule has 0 spiro atoms. The molecule has 2 amide bonds. The Kier molecular flexibility index (Phi) is 7.53. The van der Waals surface area contributed by atoms with Gasteiger partial charge in [0.2, 0.25) is 0 Å². The molecule has 1 saturated heterocycles. The summed E-state index contributed by atoms with van der Waals surface area (Å²) in [6.45, 7) is 9.54. The molecule has 0 aromatic heterocycles. The van der Waals surface area contributed by atoms with Crippen LogP contribution in [-0.2, 0) is 0 Å². The second kappa shape index (κ2) is 9.40. The average Bonchev–Trinajstić information content (AvgIpc) is 3.02. The van der Waals surface area contributed by atoms with Crippen molar-refractivity contribution in [1.29, 1.82) is 0 Å². The van der Waals surface area contributed by atoms with Crippen molar-refractivity contribution in [2.45, 2.75) is 30.4 Å². The highest BCUT2D eigenvalue weighted by molar-refractivity contribution is 8.00. The van der Waals surface area contributed by atoms with Gasteiger partial charge in [0.1, 0.15) is 0 Å². The number of halogens is 1. The van der Waals surface area contributed by atoms with Crippen LogP contribution in [0, 0.1) is 0 Å². The van der Waals surface area contributed by atoms with Crippen LogP contribution in [0.2, 0.25) is 5.02 Å². The van der Waals surface area contributed by atoms with Gasteiger partial charge < -0.3 is 15.1 Å². The van der Waals surface area contributed by atoms with Crippen LogP contribution in [-0.4, -0.2) is 60.3 Å². The van der Waals surface area contributed by atoms with Crippen molar-refractivity contribution in [3.8, 4) is 0 Å². The lowest BCUT2D eigenvalue weighted by atomic mass is 10.4. The Morgan fingerprint density at radius 2 is 2.13 bits per heavy atom. The fraction of sp³-hybridized carbons (Fsp3) is 0.588. The largest absolute Gasteiger partial charge is 0.337 e. The summed E-state index contributed by atoms with van der Waals surface area (Å²) in [7, 11) is 0. The van der Waals surface area contributed by atoms with Gasteiger partial charge in [-0.1, -0.05) is 37.6 Å². The van der Waals surface area contributed by atoms with Crippen molar-refractivity contribution in [3.05, 3.63) is 29.3 Å². The van der Waals surface area contributed by atoms with Crippen molar-refractivity contribution >= 4 is 29.4 Å². The quantitative estimate of drug-likeness (QED) is 0.812. The lowest BCUT2D eigenvalue weighted by molar-refractivity contribution is 0.206. The lowest BCUT2D eigenvalue weighted by Crippen LogP contribution is -2.42. The summed E-state index contributed by atoms with van der Waals surface area (Å²) in [5, 5.41) is 4.24. The van der Waals surface area contributed by atoms with Crippen LogP contribution in [0.4, 0.5) is 4.79 Å². The van der Waals surface area contributed by atoms with E-state index in [-0.39, 0.29) is 6.03 Å². The molecular weight excluding hydrogens is 330 g/mol. The highest BCUT2D eigenvalue weighted by Gasteiger charge is 2.27. The molecule has 128 valence electrons. The molecule has 0 saturated carbocycles. The van der Waals surface area contributed by atoms with Crippen molar-refractivity contribution in [2.75, 3.05) is 39.3 Å². The number of likely N-dealkylation sites (N-methyl/N-ethyl adjacent to an activating group) is 1. The number of benzene rings is 1. The van der Waals surface area contributed by atoms with Crippen LogP contribution in [0.1, 0.15) is 20.3 Å². The molecule has 1 fully saturated rings. The first-order valence-corrected chi connectivity index (χ1v) is 9.56. The summed E-state index contributed by atoms with van der Waals surface area (Å²) in [6, 6.07) is 7.95. The Hall–Kier alpha value is -0.910. The first-order chi connectivity index (χ1) is 11.1. The number of rotatable bonds is 7. The normalized spacial score (nSPS) is 17.7. The molecular formula is C17H26ClN3OS. The first kappa shape index (κ1) is 18.4. The minimum atomic E-state index is 0.0550. The van der Waals surface area contributed by atoms with E-state index in [1.54, 1.807) is 11.8 Å². The van der Waals surface area contributed by atoms with E-state index in [0.29, 0.717) is 11.8 Å². The molecule has 0 aliphatic carbocycles. The number of carbonyl (C=O) groups excluding carboxylic acids is 1. The third-order valence-corrected chi connectivity index (χ3v) is 5.93. The smallest absolute Gasteiger partial charge is 0.317 e. The lowest BCUT2D eigenvalue weighted by Gasteiger charge is -2.21. The van der Waals surface area contributed by atoms with Gasteiger partial charge in [0, 0.05) is 36.3 Å². The maximum atomic E-state index is 12.2. The molecule has 1 atom stereocenters. The van der Waals surface area contributed by atoms with Gasteiger partial charge in [-0.2, -0.15) is 0 Å². The standard InChI is InChI=1S/C17H26ClN3OS/c1-3-20(4-2)12-10-19-17(22)21-11-9-14(13-21)23-16-8-6-5-7-15(16)18/h5-8,14H,3-4,9-13H2,1-2H3,(H,19,22). The number of urea groups is 1. The van der Waals surface area contributed by atoms with Crippen LogP contribution in [0.15, 0.2) is 29.2 Å². The van der Waals surface area contributed by atoms with Gasteiger partial charge in [0.15, 0.2) is 0 Å². The van der Waals surface area contributed by atoms with E-state index in [2.05, 4.69) is 24.1 Å². The summed E-state index contributed by atoms with van der Waals surface area (Å²) >= 11 is 7.98. The van der Waals surface area contributed by atoms with E-state index in [9.17, 15) is 4.79 Å². The third kappa shape index (κ3) is 5.59. The SMILES string of the molecule is CCN(CC)CCNC(=O)N1CCC(Sc2ccccc2Cl)C1. The highest BCUT2D eigenvalue weighted by atomic mass is 35.5. The predicted molar refractivity (Wildman–Crippen MR) is 98.5 cm³/mol. The van der Waals surface area contributed by atoms with Gasteiger partial charge in [-0.25, -0.2) is 4.79 Å². The van der Waals surface area contributed by atoms with Crippen molar-refractivity contribution < 1.29 is 4.79 Å². The van der Waals surface area contributed by atoms with E-state index in [4.69, 9.17) is 11.6 Å². The van der Waals surface area contributed by atoms with E-state index in [0.717, 1.165) is 49.1 Å². The zero-order chi connectivity index (χ0) is 16.7. The van der Waals surface area contributed by atoms with Gasteiger partial charge in [-0.3, -0.25) is 0 Å². The molecule has 4 nitrogen and oxygen atoms in total. The van der Waals surface area contributed by atoms with E-state index in [1.807, 2.05) is 29.2 Å². The number of amides is 2. The molecule has 1 aliphatic rings. The van der Waals surface area contributed by atoms with Gasteiger partial charge in [0.05, 0.1) is 5.02 Å². The van der Waals surface area contributed by atoms with Crippen LogP contribution in [0.5, 0.6) is 0 Å². The van der Waals surface area contributed by atoms with E-state index < -0.39 is 0 Å². The molecule has 1 aliphatic heterocycles. The van der Waals surface area contributed by atoms with Gasteiger partial charge >= 0.3 is 6.03 Å². The Labute approximate surface area is 148 Å². The Morgan fingerprint density at radius 1 is 1.39 bits per heavy atom. The average molecular weight is 356 g/mol. The number of nitrogens with zero attached hydrogens (tertiary/aromatic N) is 2. The second-order valence-corrected chi connectivity index (χ2v) is 7.41.